The van der Waals surface area contributed by atoms with Crippen LogP contribution >= 0.6 is 0 Å². The van der Waals surface area contributed by atoms with Gasteiger partial charge in [-0.1, -0.05) is 263 Å². The van der Waals surface area contributed by atoms with E-state index in [0.29, 0.717) is 25.9 Å². The number of esters is 1. The summed E-state index contributed by atoms with van der Waals surface area (Å²) >= 11 is 0. The Kier molecular flexibility index (Phi) is 51.6. The predicted octanol–water partition coefficient (Wildman–Crippen LogP) is 17.1. The molecule has 0 aromatic rings. The molecule has 2 atom stereocenters. The molecule has 0 aromatic carbocycles. The van der Waals surface area contributed by atoms with Crippen LogP contribution in [0.15, 0.2) is 24.3 Å². The summed E-state index contributed by atoms with van der Waals surface area (Å²) in [5.41, 5.74) is 0. The molecule has 0 heterocycles. The molecule has 372 valence electrons. The minimum absolute atomic E-state index is 0.000423. The van der Waals surface area contributed by atoms with Gasteiger partial charge in [0.2, 0.25) is 5.91 Å². The van der Waals surface area contributed by atoms with E-state index in [4.69, 9.17) is 4.74 Å². The first-order valence-corrected chi connectivity index (χ1v) is 28.1. The summed E-state index contributed by atoms with van der Waals surface area (Å²) in [6.45, 7) is 4.89. The number of carbonyl (C=O) groups excluding carboxylic acids is 2. The van der Waals surface area contributed by atoms with E-state index in [0.717, 1.165) is 51.4 Å². The maximum absolute atomic E-state index is 12.4. The Hall–Kier alpha value is -1.66. The van der Waals surface area contributed by atoms with E-state index in [1.54, 1.807) is 0 Å². The van der Waals surface area contributed by atoms with Crippen LogP contribution in [0, 0.1) is 0 Å². The molecule has 1 amide bonds. The van der Waals surface area contributed by atoms with Crippen molar-refractivity contribution in [2.75, 3.05) is 13.2 Å². The van der Waals surface area contributed by atoms with E-state index in [1.807, 2.05) is 0 Å². The van der Waals surface area contributed by atoms with Crippen molar-refractivity contribution in [3.05, 3.63) is 24.3 Å². The quantitative estimate of drug-likeness (QED) is 0.0321. The number of carbonyl (C=O) groups is 2. The average molecular weight is 889 g/mol. The number of hydrogen-bond donors (Lipinski definition) is 3. The lowest BCUT2D eigenvalue weighted by Crippen LogP contribution is -2.45. The molecule has 63 heavy (non-hydrogen) atoms. The predicted molar refractivity (Wildman–Crippen MR) is 273 cm³/mol. The number of ether oxygens (including phenoxy) is 1. The molecule has 0 rings (SSSR count). The molecule has 0 fully saturated rings. The summed E-state index contributed by atoms with van der Waals surface area (Å²) in [7, 11) is 0. The van der Waals surface area contributed by atoms with Crippen LogP contribution in [-0.2, 0) is 14.3 Å². The molecule has 0 aliphatic rings. The second-order valence-electron chi connectivity index (χ2n) is 19.3. The topological polar surface area (TPSA) is 95.9 Å². The molecule has 0 saturated heterocycles. The van der Waals surface area contributed by atoms with Gasteiger partial charge in [0, 0.05) is 12.8 Å². The fourth-order valence-electron chi connectivity index (χ4n) is 8.66. The SMILES string of the molecule is CCCC/C=C\C/C=C\CCCCCCCC(=O)OCCCCCCCCCCCCCCCCCCCCCCCCCC(=O)NC(CO)C(O)CCCCCCCCCCC. The Labute approximate surface area is 392 Å². The van der Waals surface area contributed by atoms with Gasteiger partial charge in [0.05, 0.1) is 25.4 Å². The van der Waals surface area contributed by atoms with E-state index >= 15 is 0 Å². The van der Waals surface area contributed by atoms with Gasteiger partial charge in [-0.3, -0.25) is 9.59 Å². The first kappa shape index (κ1) is 61.3. The second-order valence-corrected chi connectivity index (χ2v) is 19.3. The van der Waals surface area contributed by atoms with E-state index in [1.165, 1.54) is 218 Å². The smallest absolute Gasteiger partial charge is 0.305 e. The standard InChI is InChI=1S/C57H109NO5/c1-3-5-7-9-11-13-14-15-28-31-35-39-43-47-51-57(62)63-52-48-44-40-36-32-29-26-24-22-20-18-16-17-19-21-23-25-27-30-34-38-42-46-50-56(61)58-54(53-59)55(60)49-45-41-37-33-12-10-8-6-4-2/h9,11,14-15,54-55,59-60H,3-8,10,12-13,16-53H2,1-2H3,(H,58,61)/b11-9-,15-14-. The van der Waals surface area contributed by atoms with Gasteiger partial charge in [0.15, 0.2) is 0 Å². The zero-order valence-corrected chi connectivity index (χ0v) is 42.3. The monoisotopic (exact) mass is 888 g/mol. The maximum atomic E-state index is 12.4. The number of aliphatic hydroxyl groups is 2. The zero-order valence-electron chi connectivity index (χ0n) is 42.3. The number of hydrogen-bond acceptors (Lipinski definition) is 5. The van der Waals surface area contributed by atoms with Crippen LogP contribution in [0.3, 0.4) is 0 Å². The Bertz CT molecular complexity index is 982. The molecule has 0 aromatic heterocycles. The number of aliphatic hydroxyl groups excluding tert-OH is 2. The third-order valence-electron chi connectivity index (χ3n) is 13.0. The highest BCUT2D eigenvalue weighted by Gasteiger charge is 2.20. The number of rotatable bonds is 52. The molecule has 6 nitrogen and oxygen atoms in total. The van der Waals surface area contributed by atoms with Gasteiger partial charge in [0.1, 0.15) is 0 Å². The zero-order chi connectivity index (χ0) is 45.8. The fraction of sp³-hybridized carbons (Fsp3) is 0.895. The summed E-state index contributed by atoms with van der Waals surface area (Å²) in [4.78, 5) is 24.4. The van der Waals surface area contributed by atoms with Gasteiger partial charge >= 0.3 is 5.97 Å². The fourth-order valence-corrected chi connectivity index (χ4v) is 8.66. The van der Waals surface area contributed by atoms with Gasteiger partial charge in [-0.2, -0.15) is 0 Å². The van der Waals surface area contributed by atoms with Gasteiger partial charge < -0.3 is 20.3 Å². The highest BCUT2D eigenvalue weighted by atomic mass is 16.5. The second kappa shape index (κ2) is 53.0. The van der Waals surface area contributed by atoms with Crippen molar-refractivity contribution in [2.45, 2.75) is 315 Å². The molecule has 0 bridgehead atoms. The Morgan fingerprint density at radius 1 is 0.444 bits per heavy atom. The highest BCUT2D eigenvalue weighted by Crippen LogP contribution is 2.17. The summed E-state index contributed by atoms with van der Waals surface area (Å²) in [5, 5.41) is 23.1. The third-order valence-corrected chi connectivity index (χ3v) is 13.0. The molecule has 6 heteroatoms. The lowest BCUT2D eigenvalue weighted by molar-refractivity contribution is -0.143. The minimum atomic E-state index is -0.661. The molecular formula is C57H109NO5. The van der Waals surface area contributed by atoms with Crippen LogP contribution in [0.4, 0.5) is 0 Å². The molecule has 3 N–H and O–H groups in total. The van der Waals surface area contributed by atoms with Gasteiger partial charge in [-0.05, 0) is 51.4 Å². The van der Waals surface area contributed by atoms with Gasteiger partial charge in [-0.25, -0.2) is 0 Å². The van der Waals surface area contributed by atoms with Crippen LogP contribution in [0.1, 0.15) is 303 Å². The molecule has 0 radical (unpaired) electrons. The van der Waals surface area contributed by atoms with Crippen LogP contribution in [-0.4, -0.2) is 47.4 Å². The van der Waals surface area contributed by atoms with E-state index in [2.05, 4.69) is 43.5 Å². The number of unbranched alkanes of at least 4 members (excludes halogenated alkanes) is 37. The van der Waals surface area contributed by atoms with Crippen molar-refractivity contribution in [3.63, 3.8) is 0 Å². The normalized spacial score (nSPS) is 12.8. The maximum Gasteiger partial charge on any atom is 0.305 e. The summed E-state index contributed by atoms with van der Waals surface area (Å²) in [6, 6.07) is -0.538. The number of nitrogens with one attached hydrogen (secondary N) is 1. The molecule has 0 saturated carbocycles. The summed E-state index contributed by atoms with van der Waals surface area (Å²) in [6.07, 6.45) is 63.2. The van der Waals surface area contributed by atoms with Crippen molar-refractivity contribution < 1.29 is 24.5 Å². The van der Waals surface area contributed by atoms with E-state index < -0.39 is 12.1 Å². The number of amides is 1. The summed E-state index contributed by atoms with van der Waals surface area (Å²) < 4.78 is 5.47. The molecular weight excluding hydrogens is 779 g/mol. The lowest BCUT2D eigenvalue weighted by Gasteiger charge is -2.22. The van der Waals surface area contributed by atoms with Crippen LogP contribution in [0.25, 0.3) is 0 Å². The third kappa shape index (κ3) is 49.6. The first-order valence-electron chi connectivity index (χ1n) is 28.1. The number of allylic oxidation sites excluding steroid dienone is 4. The van der Waals surface area contributed by atoms with Crippen molar-refractivity contribution in [1.29, 1.82) is 0 Å². The molecule has 0 aliphatic carbocycles. The van der Waals surface area contributed by atoms with Crippen molar-refractivity contribution in [2.24, 2.45) is 0 Å². The van der Waals surface area contributed by atoms with Crippen LogP contribution < -0.4 is 5.32 Å². The van der Waals surface area contributed by atoms with Crippen molar-refractivity contribution in [3.8, 4) is 0 Å². The summed E-state index contributed by atoms with van der Waals surface area (Å²) in [5.74, 6) is -0.0371. The average Bonchev–Trinajstić information content (AvgIpc) is 3.28. The van der Waals surface area contributed by atoms with E-state index in [9.17, 15) is 19.8 Å². The largest absolute Gasteiger partial charge is 0.466 e. The van der Waals surface area contributed by atoms with Gasteiger partial charge in [-0.15, -0.1) is 0 Å². The van der Waals surface area contributed by atoms with E-state index in [-0.39, 0.29) is 18.5 Å². The van der Waals surface area contributed by atoms with Crippen LogP contribution in [0.5, 0.6) is 0 Å². The Balaban J connectivity index is 3.34. The van der Waals surface area contributed by atoms with Crippen LogP contribution in [0.2, 0.25) is 0 Å². The minimum Gasteiger partial charge on any atom is -0.466 e. The Morgan fingerprint density at radius 3 is 1.25 bits per heavy atom. The highest BCUT2D eigenvalue weighted by molar-refractivity contribution is 5.76. The molecule has 0 spiro atoms. The van der Waals surface area contributed by atoms with Crippen molar-refractivity contribution in [1.82, 2.24) is 5.32 Å². The molecule has 2 unspecified atom stereocenters. The first-order chi connectivity index (χ1) is 31.0. The molecule has 0 aliphatic heterocycles. The Morgan fingerprint density at radius 2 is 0.810 bits per heavy atom. The van der Waals surface area contributed by atoms with Gasteiger partial charge in [0.25, 0.3) is 0 Å². The van der Waals surface area contributed by atoms with Crippen molar-refractivity contribution >= 4 is 11.9 Å². The lowest BCUT2D eigenvalue weighted by atomic mass is 10.0.